The molecular weight excluding hydrogens is 302 g/mol. The van der Waals surface area contributed by atoms with E-state index in [1.165, 1.54) is 6.08 Å². The maximum Gasteiger partial charge on any atom is 0.244 e. The van der Waals surface area contributed by atoms with Gasteiger partial charge in [0.1, 0.15) is 0 Å². The Kier molecular flexibility index (Phi) is 4.76. The number of hydrogen-bond donors (Lipinski definition) is 1. The predicted octanol–water partition coefficient (Wildman–Crippen LogP) is 2.30. The lowest BCUT2D eigenvalue weighted by Gasteiger charge is -2.05. The molecule has 0 aliphatic carbocycles. The fourth-order valence-electron chi connectivity index (χ4n) is 2.16. The van der Waals surface area contributed by atoms with E-state index in [-0.39, 0.29) is 12.5 Å². The minimum atomic E-state index is -0.197. The number of carbonyl (C=O) groups excluding carboxylic acids is 1. The molecule has 0 saturated heterocycles. The number of aromatic nitrogens is 4. The summed E-state index contributed by atoms with van der Waals surface area (Å²) in [6.07, 6.45) is 3.26. The zero-order chi connectivity index (χ0) is 16.8. The van der Waals surface area contributed by atoms with E-state index in [0.717, 1.165) is 16.8 Å². The van der Waals surface area contributed by atoms with Crippen LogP contribution in [0.5, 0.6) is 0 Å². The van der Waals surface area contributed by atoms with Gasteiger partial charge in [-0.25, -0.2) is 0 Å². The van der Waals surface area contributed by atoms with Crippen molar-refractivity contribution >= 4 is 12.0 Å². The Morgan fingerprint density at radius 3 is 2.62 bits per heavy atom. The van der Waals surface area contributed by atoms with E-state index in [4.69, 9.17) is 0 Å². The van der Waals surface area contributed by atoms with E-state index in [0.29, 0.717) is 5.82 Å². The quantitative estimate of drug-likeness (QED) is 0.732. The highest BCUT2D eigenvalue weighted by atomic mass is 16.1. The third kappa shape index (κ3) is 3.92. The van der Waals surface area contributed by atoms with Crippen LogP contribution in [0.25, 0.3) is 11.8 Å². The second kappa shape index (κ2) is 7.32. The summed E-state index contributed by atoms with van der Waals surface area (Å²) in [5.41, 5.74) is 2.99. The summed E-state index contributed by atoms with van der Waals surface area (Å²) >= 11 is 0. The number of benzene rings is 2. The Morgan fingerprint density at radius 1 is 1.12 bits per heavy atom. The first-order valence-electron chi connectivity index (χ1n) is 7.57. The van der Waals surface area contributed by atoms with Crippen molar-refractivity contribution in [2.45, 2.75) is 13.5 Å². The Morgan fingerprint density at radius 2 is 1.88 bits per heavy atom. The molecule has 0 fully saturated rings. The lowest BCUT2D eigenvalue weighted by Crippen LogP contribution is -2.22. The first-order chi connectivity index (χ1) is 11.7. The Bertz CT molecular complexity index is 837. The number of rotatable bonds is 5. The molecule has 0 spiro atoms. The van der Waals surface area contributed by atoms with Crippen molar-refractivity contribution in [1.82, 2.24) is 25.5 Å². The van der Waals surface area contributed by atoms with E-state index >= 15 is 0 Å². The van der Waals surface area contributed by atoms with Crippen molar-refractivity contribution in [2.75, 3.05) is 0 Å². The molecule has 0 unspecified atom stereocenters. The summed E-state index contributed by atoms with van der Waals surface area (Å²) in [5, 5.41) is 14.4. The molecule has 1 heterocycles. The van der Waals surface area contributed by atoms with Crippen molar-refractivity contribution in [1.29, 1.82) is 0 Å². The van der Waals surface area contributed by atoms with E-state index in [9.17, 15) is 4.79 Å². The van der Waals surface area contributed by atoms with Crippen molar-refractivity contribution < 1.29 is 4.79 Å². The minimum Gasteiger partial charge on any atom is -0.345 e. The second-order valence-electron chi connectivity index (χ2n) is 5.30. The normalized spacial score (nSPS) is 10.9. The van der Waals surface area contributed by atoms with Crippen LogP contribution >= 0.6 is 0 Å². The average Bonchev–Trinajstić information content (AvgIpc) is 3.08. The Balaban J connectivity index is 1.63. The molecule has 0 aliphatic heterocycles. The maximum absolute atomic E-state index is 11.9. The van der Waals surface area contributed by atoms with Gasteiger partial charge in [-0.1, -0.05) is 48.0 Å². The number of tetrazole rings is 1. The molecule has 24 heavy (non-hydrogen) atoms. The molecule has 3 rings (SSSR count). The fraction of sp³-hybridized carbons (Fsp3) is 0.111. The summed E-state index contributed by atoms with van der Waals surface area (Å²) in [7, 11) is 0. The van der Waals surface area contributed by atoms with Crippen LogP contribution < -0.4 is 5.32 Å². The number of amides is 1. The number of carbonyl (C=O) groups is 1. The lowest BCUT2D eigenvalue weighted by molar-refractivity contribution is -0.116. The fourth-order valence-corrected chi connectivity index (χ4v) is 2.16. The van der Waals surface area contributed by atoms with Gasteiger partial charge in [0.15, 0.2) is 5.82 Å². The van der Waals surface area contributed by atoms with E-state index < -0.39 is 0 Å². The van der Waals surface area contributed by atoms with Gasteiger partial charge in [0, 0.05) is 6.08 Å². The van der Waals surface area contributed by atoms with Crippen molar-refractivity contribution in [3.05, 3.63) is 77.6 Å². The standard InChI is InChI=1S/C18H17N5O/c1-14-7-10-16(11-8-14)23-17(20-21-22-23)13-19-18(24)12-9-15-5-3-2-4-6-15/h2-12H,13H2,1H3,(H,19,24)/b12-9-. The van der Waals surface area contributed by atoms with Crippen LogP contribution in [0.3, 0.4) is 0 Å². The molecule has 120 valence electrons. The molecule has 0 saturated carbocycles. The molecule has 6 heteroatoms. The second-order valence-corrected chi connectivity index (χ2v) is 5.30. The van der Waals surface area contributed by atoms with Gasteiger partial charge in [-0.05, 0) is 41.1 Å². The summed E-state index contributed by atoms with van der Waals surface area (Å²) in [6.45, 7) is 2.27. The van der Waals surface area contributed by atoms with E-state index in [1.54, 1.807) is 10.8 Å². The highest BCUT2D eigenvalue weighted by Gasteiger charge is 2.08. The topological polar surface area (TPSA) is 72.7 Å². The van der Waals surface area contributed by atoms with E-state index in [2.05, 4.69) is 20.8 Å². The highest BCUT2D eigenvalue weighted by molar-refractivity contribution is 5.91. The minimum absolute atomic E-state index is 0.197. The van der Waals surface area contributed by atoms with Crippen molar-refractivity contribution in [3.8, 4) is 5.69 Å². The van der Waals surface area contributed by atoms with Crippen molar-refractivity contribution in [2.24, 2.45) is 0 Å². The molecule has 0 bridgehead atoms. The summed E-state index contributed by atoms with van der Waals surface area (Å²) < 4.78 is 1.61. The van der Waals surface area contributed by atoms with E-state index in [1.807, 2.05) is 61.5 Å². The molecule has 0 radical (unpaired) electrons. The molecular formula is C18H17N5O. The van der Waals surface area contributed by atoms with Crippen LogP contribution in [0.1, 0.15) is 17.0 Å². The third-order valence-corrected chi connectivity index (χ3v) is 3.46. The van der Waals surface area contributed by atoms with Crippen LogP contribution in [-0.2, 0) is 11.3 Å². The van der Waals surface area contributed by atoms with Gasteiger partial charge in [-0.15, -0.1) is 5.10 Å². The monoisotopic (exact) mass is 319 g/mol. The summed E-state index contributed by atoms with van der Waals surface area (Å²) in [6, 6.07) is 17.5. The molecule has 3 aromatic rings. The first-order valence-corrected chi connectivity index (χ1v) is 7.57. The number of nitrogens with one attached hydrogen (secondary N) is 1. The van der Waals surface area contributed by atoms with Crippen LogP contribution in [0.15, 0.2) is 60.7 Å². The summed E-state index contributed by atoms with van der Waals surface area (Å²) in [5.74, 6) is 0.373. The molecule has 6 nitrogen and oxygen atoms in total. The lowest BCUT2D eigenvalue weighted by atomic mass is 10.2. The third-order valence-electron chi connectivity index (χ3n) is 3.46. The number of nitrogens with zero attached hydrogens (tertiary/aromatic N) is 4. The number of aryl methyl sites for hydroxylation is 1. The molecule has 0 aliphatic rings. The molecule has 0 atom stereocenters. The zero-order valence-electron chi connectivity index (χ0n) is 13.3. The van der Waals surface area contributed by atoms with Crippen LogP contribution in [-0.4, -0.2) is 26.1 Å². The molecule has 1 amide bonds. The first kappa shape index (κ1) is 15.6. The molecule has 2 aromatic carbocycles. The SMILES string of the molecule is Cc1ccc(-n2nnnc2CNC(=O)/C=C\c2ccccc2)cc1. The van der Waals surface area contributed by atoms with Gasteiger partial charge >= 0.3 is 0 Å². The Labute approximate surface area is 139 Å². The molecule has 1 N–H and O–H groups in total. The van der Waals surface area contributed by atoms with Gasteiger partial charge in [-0.3, -0.25) is 4.79 Å². The zero-order valence-corrected chi connectivity index (χ0v) is 13.3. The van der Waals surface area contributed by atoms with Crippen LogP contribution in [0.4, 0.5) is 0 Å². The Hall–Kier alpha value is -3.28. The van der Waals surface area contributed by atoms with Crippen LogP contribution in [0, 0.1) is 6.92 Å². The van der Waals surface area contributed by atoms with Gasteiger partial charge in [0.2, 0.25) is 5.91 Å². The number of hydrogen-bond acceptors (Lipinski definition) is 4. The average molecular weight is 319 g/mol. The largest absolute Gasteiger partial charge is 0.345 e. The van der Waals surface area contributed by atoms with Gasteiger partial charge in [0.25, 0.3) is 0 Å². The van der Waals surface area contributed by atoms with Gasteiger partial charge < -0.3 is 5.32 Å². The van der Waals surface area contributed by atoms with Gasteiger partial charge in [-0.2, -0.15) is 4.68 Å². The van der Waals surface area contributed by atoms with Crippen LogP contribution in [0.2, 0.25) is 0 Å². The maximum atomic E-state index is 11.9. The smallest absolute Gasteiger partial charge is 0.244 e. The molecule has 1 aromatic heterocycles. The van der Waals surface area contributed by atoms with Crippen molar-refractivity contribution in [3.63, 3.8) is 0 Å². The predicted molar refractivity (Wildman–Crippen MR) is 91.2 cm³/mol. The summed E-state index contributed by atoms with van der Waals surface area (Å²) in [4.78, 5) is 11.9. The van der Waals surface area contributed by atoms with Gasteiger partial charge in [0.05, 0.1) is 12.2 Å². The highest BCUT2D eigenvalue weighted by Crippen LogP contribution is 2.09.